The van der Waals surface area contributed by atoms with Gasteiger partial charge in [-0.25, -0.2) is 19.4 Å². The molecule has 0 spiro atoms. The zero-order chi connectivity index (χ0) is 18.8. The highest BCUT2D eigenvalue weighted by molar-refractivity contribution is 5.87. The third kappa shape index (κ3) is 3.10. The first-order valence-corrected chi connectivity index (χ1v) is 8.42. The topological polar surface area (TPSA) is 99.8 Å². The van der Waals surface area contributed by atoms with Crippen molar-refractivity contribution >= 4 is 22.9 Å². The predicted molar refractivity (Wildman–Crippen MR) is 99.2 cm³/mol. The van der Waals surface area contributed by atoms with Gasteiger partial charge >= 0.3 is 6.09 Å². The molecule has 0 aliphatic rings. The zero-order valence-corrected chi connectivity index (χ0v) is 14.8. The standard InChI is InChI=1S/C18H17N7O2/c1-3-27-18(26)22-15-9-12(2)23-25(15)17-14-10-21-24(16(14)19-11-20-17)13-7-5-4-6-8-13/h4-11H,3H2,1-2H3,(H,22,26). The van der Waals surface area contributed by atoms with Gasteiger partial charge in [0.05, 0.1) is 29.6 Å². The molecular formula is C18H17N7O2. The van der Waals surface area contributed by atoms with Crippen molar-refractivity contribution in [1.82, 2.24) is 29.5 Å². The van der Waals surface area contributed by atoms with Crippen molar-refractivity contribution in [1.29, 1.82) is 0 Å². The fraction of sp³-hybridized carbons (Fsp3) is 0.167. The Labute approximate surface area is 154 Å². The third-order valence-corrected chi connectivity index (χ3v) is 3.88. The Balaban J connectivity index is 1.82. The van der Waals surface area contributed by atoms with Gasteiger partial charge in [0.25, 0.3) is 0 Å². The number of ether oxygens (including phenoxy) is 1. The molecular weight excluding hydrogens is 346 g/mol. The average Bonchev–Trinajstić information content (AvgIpc) is 3.26. The summed E-state index contributed by atoms with van der Waals surface area (Å²) in [6.45, 7) is 3.85. The van der Waals surface area contributed by atoms with E-state index in [0.29, 0.717) is 22.7 Å². The van der Waals surface area contributed by atoms with Gasteiger partial charge in [0, 0.05) is 6.07 Å². The normalized spacial score (nSPS) is 10.9. The maximum absolute atomic E-state index is 11.8. The van der Waals surface area contributed by atoms with Crippen LogP contribution >= 0.6 is 0 Å². The number of carbonyl (C=O) groups excluding carboxylic acids is 1. The van der Waals surface area contributed by atoms with Crippen molar-refractivity contribution in [2.75, 3.05) is 11.9 Å². The van der Waals surface area contributed by atoms with E-state index in [1.165, 1.54) is 6.33 Å². The third-order valence-electron chi connectivity index (χ3n) is 3.88. The molecule has 3 heterocycles. The number of benzene rings is 1. The number of para-hydroxylation sites is 1. The summed E-state index contributed by atoms with van der Waals surface area (Å²) in [4.78, 5) is 20.6. The summed E-state index contributed by atoms with van der Waals surface area (Å²) >= 11 is 0. The van der Waals surface area contributed by atoms with Gasteiger partial charge in [-0.15, -0.1) is 0 Å². The number of amides is 1. The first-order chi connectivity index (χ1) is 13.2. The Morgan fingerprint density at radius 1 is 1.19 bits per heavy atom. The van der Waals surface area contributed by atoms with Crippen molar-refractivity contribution in [2.24, 2.45) is 0 Å². The molecule has 9 heteroatoms. The molecule has 0 aliphatic carbocycles. The Morgan fingerprint density at radius 3 is 2.78 bits per heavy atom. The first-order valence-electron chi connectivity index (χ1n) is 8.42. The first kappa shape index (κ1) is 16.7. The summed E-state index contributed by atoms with van der Waals surface area (Å²) in [5.74, 6) is 0.973. The van der Waals surface area contributed by atoms with E-state index in [2.05, 4.69) is 25.5 Å². The van der Waals surface area contributed by atoms with Crippen molar-refractivity contribution in [2.45, 2.75) is 13.8 Å². The summed E-state index contributed by atoms with van der Waals surface area (Å²) in [6, 6.07) is 11.4. The zero-order valence-electron chi connectivity index (χ0n) is 14.8. The average molecular weight is 363 g/mol. The van der Waals surface area contributed by atoms with E-state index < -0.39 is 6.09 Å². The summed E-state index contributed by atoms with van der Waals surface area (Å²) in [7, 11) is 0. The van der Waals surface area contributed by atoms with Gasteiger partial charge in [-0.3, -0.25) is 5.32 Å². The largest absolute Gasteiger partial charge is 0.450 e. The highest BCUT2D eigenvalue weighted by Gasteiger charge is 2.17. The number of rotatable bonds is 4. The van der Waals surface area contributed by atoms with E-state index in [1.807, 2.05) is 37.3 Å². The van der Waals surface area contributed by atoms with E-state index in [4.69, 9.17) is 4.74 Å². The van der Waals surface area contributed by atoms with Gasteiger partial charge in [-0.2, -0.15) is 14.9 Å². The lowest BCUT2D eigenvalue weighted by Crippen LogP contribution is -2.16. The molecule has 1 amide bonds. The fourth-order valence-corrected chi connectivity index (χ4v) is 2.78. The Hall–Kier alpha value is -3.75. The SMILES string of the molecule is CCOC(=O)Nc1cc(C)nn1-c1ncnc2c1cnn2-c1ccccc1. The van der Waals surface area contributed by atoms with Gasteiger partial charge in [0.1, 0.15) is 12.1 Å². The van der Waals surface area contributed by atoms with Gasteiger partial charge < -0.3 is 4.74 Å². The lowest BCUT2D eigenvalue weighted by Gasteiger charge is -2.09. The smallest absolute Gasteiger partial charge is 0.412 e. The Morgan fingerprint density at radius 2 is 2.00 bits per heavy atom. The van der Waals surface area contributed by atoms with Crippen LogP contribution in [0.1, 0.15) is 12.6 Å². The molecule has 0 radical (unpaired) electrons. The van der Waals surface area contributed by atoms with Gasteiger partial charge in [0.2, 0.25) is 0 Å². The molecule has 9 nitrogen and oxygen atoms in total. The molecule has 0 saturated heterocycles. The van der Waals surface area contributed by atoms with Crippen LogP contribution in [0, 0.1) is 6.92 Å². The van der Waals surface area contributed by atoms with E-state index in [0.717, 1.165) is 11.4 Å². The van der Waals surface area contributed by atoms with Crippen LogP contribution in [0.25, 0.3) is 22.5 Å². The van der Waals surface area contributed by atoms with Crippen LogP contribution in [0.3, 0.4) is 0 Å². The van der Waals surface area contributed by atoms with Crippen LogP contribution in [0.4, 0.5) is 10.6 Å². The molecule has 0 fully saturated rings. The number of nitrogens with one attached hydrogen (secondary N) is 1. The highest BCUT2D eigenvalue weighted by Crippen LogP contribution is 2.24. The molecule has 0 atom stereocenters. The minimum absolute atomic E-state index is 0.278. The molecule has 3 aromatic heterocycles. The number of hydrogen-bond acceptors (Lipinski definition) is 6. The Bertz CT molecular complexity index is 1100. The number of aryl methyl sites for hydroxylation is 1. The molecule has 136 valence electrons. The van der Waals surface area contributed by atoms with Crippen molar-refractivity contribution in [3.8, 4) is 11.5 Å². The van der Waals surface area contributed by atoms with Crippen LogP contribution < -0.4 is 5.32 Å². The summed E-state index contributed by atoms with van der Waals surface area (Å²) < 4.78 is 8.24. The maximum atomic E-state index is 11.8. The number of hydrogen-bond donors (Lipinski definition) is 1. The maximum Gasteiger partial charge on any atom is 0.412 e. The summed E-state index contributed by atoms with van der Waals surface area (Å²) in [5.41, 5.74) is 2.25. The number of carbonyl (C=O) groups is 1. The summed E-state index contributed by atoms with van der Waals surface area (Å²) in [6.07, 6.45) is 2.58. The van der Waals surface area contributed by atoms with Crippen LogP contribution in [-0.2, 0) is 4.74 Å². The van der Waals surface area contributed by atoms with E-state index in [-0.39, 0.29) is 6.61 Å². The second-order valence-corrected chi connectivity index (χ2v) is 5.75. The van der Waals surface area contributed by atoms with E-state index in [1.54, 1.807) is 28.6 Å². The minimum Gasteiger partial charge on any atom is -0.450 e. The van der Waals surface area contributed by atoms with Crippen LogP contribution in [0.2, 0.25) is 0 Å². The molecule has 4 rings (SSSR count). The second kappa shape index (κ2) is 6.87. The molecule has 0 unspecified atom stereocenters. The fourth-order valence-electron chi connectivity index (χ4n) is 2.78. The highest BCUT2D eigenvalue weighted by atomic mass is 16.5. The van der Waals surface area contributed by atoms with Crippen LogP contribution in [0.5, 0.6) is 0 Å². The number of fused-ring (bicyclic) bond motifs is 1. The van der Waals surface area contributed by atoms with Crippen LogP contribution in [-0.4, -0.2) is 42.2 Å². The van der Waals surface area contributed by atoms with Gasteiger partial charge in [-0.1, -0.05) is 18.2 Å². The second-order valence-electron chi connectivity index (χ2n) is 5.75. The predicted octanol–water partition coefficient (Wildman–Crippen LogP) is 2.88. The minimum atomic E-state index is -0.552. The summed E-state index contributed by atoms with van der Waals surface area (Å²) in [5, 5.41) is 12.3. The molecule has 0 aliphatic heterocycles. The van der Waals surface area contributed by atoms with Crippen molar-refractivity contribution in [3.05, 3.63) is 54.6 Å². The van der Waals surface area contributed by atoms with Gasteiger partial charge in [0.15, 0.2) is 11.5 Å². The van der Waals surface area contributed by atoms with Crippen LogP contribution in [0.15, 0.2) is 48.9 Å². The monoisotopic (exact) mass is 363 g/mol. The van der Waals surface area contributed by atoms with E-state index in [9.17, 15) is 4.79 Å². The molecule has 27 heavy (non-hydrogen) atoms. The van der Waals surface area contributed by atoms with Crippen molar-refractivity contribution in [3.63, 3.8) is 0 Å². The van der Waals surface area contributed by atoms with Crippen molar-refractivity contribution < 1.29 is 9.53 Å². The quantitative estimate of drug-likeness (QED) is 0.598. The lowest BCUT2D eigenvalue weighted by atomic mass is 10.3. The number of nitrogens with zero attached hydrogens (tertiary/aromatic N) is 6. The number of aromatic nitrogens is 6. The number of anilines is 1. The molecule has 0 saturated carbocycles. The molecule has 1 N–H and O–H groups in total. The van der Waals surface area contributed by atoms with E-state index >= 15 is 0 Å². The lowest BCUT2D eigenvalue weighted by molar-refractivity contribution is 0.167. The molecule has 1 aromatic carbocycles. The Kier molecular flexibility index (Phi) is 4.25. The van der Waals surface area contributed by atoms with Gasteiger partial charge in [-0.05, 0) is 26.0 Å². The molecule has 0 bridgehead atoms. The molecule has 4 aromatic rings.